The largest absolute Gasteiger partial charge is 0.497 e. The fourth-order valence-electron chi connectivity index (χ4n) is 8.39. The lowest BCUT2D eigenvalue weighted by atomic mass is 9.76. The van der Waals surface area contributed by atoms with Gasteiger partial charge in [0.25, 0.3) is 5.69 Å². The Morgan fingerprint density at radius 2 is 1.62 bits per heavy atom. The lowest BCUT2D eigenvalue weighted by molar-refractivity contribution is -0.384. The standard InChI is InChI=1S/C23H28N2O.C20H20N2O4/c1-17-6-11-21-20(16-17)22(2,3)23(25(21)14-15-26-23)13-12-18-7-9-19(10-8-18)24(4)5;1-19(2)16-12-15(25-4)6-7-17(16)21(3)20(19)10-9-13-11-14(22(23)24)5-8-18(13)26-20/h6-13,16H,14-15H2,1-5H3;5-12H,1-4H3/b13-12+;. The van der Waals surface area contributed by atoms with Crippen molar-refractivity contribution in [1.82, 2.24) is 0 Å². The molecule has 1 saturated heterocycles. The van der Waals surface area contributed by atoms with Gasteiger partial charge in [-0.1, -0.05) is 49.8 Å². The van der Waals surface area contributed by atoms with E-state index >= 15 is 0 Å². The number of ether oxygens (including phenoxy) is 3. The molecule has 2 atom stereocenters. The van der Waals surface area contributed by atoms with Gasteiger partial charge < -0.3 is 28.9 Å². The van der Waals surface area contributed by atoms with Crippen molar-refractivity contribution in [2.75, 3.05) is 56.1 Å². The fourth-order valence-corrected chi connectivity index (χ4v) is 8.39. The molecule has 270 valence electrons. The summed E-state index contributed by atoms with van der Waals surface area (Å²) in [6.45, 7) is 12.7. The first-order valence-electron chi connectivity index (χ1n) is 17.7. The van der Waals surface area contributed by atoms with Gasteiger partial charge >= 0.3 is 0 Å². The zero-order chi connectivity index (χ0) is 37.2. The average Bonchev–Trinajstić information content (AvgIpc) is 3.69. The Kier molecular flexibility index (Phi) is 8.41. The number of nitrogens with zero attached hydrogens (tertiary/aromatic N) is 4. The first kappa shape index (κ1) is 35.1. The molecule has 1 spiro atoms. The minimum Gasteiger partial charge on any atom is -0.497 e. The first-order chi connectivity index (χ1) is 24.6. The Morgan fingerprint density at radius 1 is 0.904 bits per heavy atom. The predicted molar refractivity (Wildman–Crippen MR) is 210 cm³/mol. The molecule has 0 aliphatic carbocycles. The number of nitro benzene ring substituents is 1. The normalized spacial score (nSPS) is 22.6. The number of anilines is 3. The van der Waals surface area contributed by atoms with Crippen LogP contribution in [0.4, 0.5) is 22.7 Å². The van der Waals surface area contributed by atoms with Crippen LogP contribution in [0.25, 0.3) is 12.2 Å². The van der Waals surface area contributed by atoms with Crippen molar-refractivity contribution in [3.05, 3.63) is 129 Å². The number of non-ortho nitro benzene ring substituents is 1. The third kappa shape index (κ3) is 5.24. The number of fused-ring (bicyclic) bond motifs is 5. The molecule has 0 aromatic heterocycles. The van der Waals surface area contributed by atoms with Gasteiger partial charge in [0.15, 0.2) is 5.72 Å². The van der Waals surface area contributed by atoms with Crippen molar-refractivity contribution >= 4 is 34.9 Å². The van der Waals surface area contributed by atoms with E-state index in [9.17, 15) is 10.1 Å². The topological polar surface area (TPSA) is 80.5 Å². The molecule has 0 saturated carbocycles. The van der Waals surface area contributed by atoms with E-state index in [-0.39, 0.29) is 16.5 Å². The quantitative estimate of drug-likeness (QED) is 0.151. The molecular weight excluding hydrogens is 652 g/mol. The van der Waals surface area contributed by atoms with Gasteiger partial charge in [0.1, 0.15) is 11.5 Å². The van der Waals surface area contributed by atoms with Crippen LogP contribution in [0.3, 0.4) is 0 Å². The SMILES string of the molecule is COc1ccc2c(c1)C(C)(C)C1(C=Cc3cc([N+](=O)[O-])ccc3O1)N2C.Cc1ccc2c(c1)C(C)(C)C1(/C=C/c3ccc(N(C)C)cc3)OCCN21. The summed E-state index contributed by atoms with van der Waals surface area (Å²) in [5.41, 5.74) is 7.78. The fraction of sp³-hybridized carbons (Fsp3) is 0.349. The predicted octanol–water partition coefficient (Wildman–Crippen LogP) is 8.73. The molecule has 52 heavy (non-hydrogen) atoms. The number of rotatable bonds is 5. The van der Waals surface area contributed by atoms with Gasteiger partial charge in [-0.05, 0) is 98.2 Å². The molecule has 4 aliphatic heterocycles. The van der Waals surface area contributed by atoms with E-state index in [0.29, 0.717) is 11.3 Å². The van der Waals surface area contributed by atoms with E-state index in [1.54, 1.807) is 13.2 Å². The molecule has 0 bridgehead atoms. The van der Waals surface area contributed by atoms with Gasteiger partial charge in [-0.2, -0.15) is 0 Å². The Hall–Kier alpha value is -5.28. The van der Waals surface area contributed by atoms with E-state index in [1.165, 1.54) is 40.2 Å². The molecule has 0 amide bonds. The van der Waals surface area contributed by atoms with E-state index in [1.807, 2.05) is 37.4 Å². The van der Waals surface area contributed by atoms with Gasteiger partial charge in [0.2, 0.25) is 5.72 Å². The minimum atomic E-state index is -0.717. The van der Waals surface area contributed by atoms with Gasteiger partial charge in [-0.3, -0.25) is 10.1 Å². The molecule has 0 N–H and O–H groups in total. The number of nitro groups is 1. The molecular formula is C43H48N4O5. The average molecular weight is 701 g/mol. The second-order valence-corrected chi connectivity index (χ2v) is 15.3. The molecule has 0 radical (unpaired) electrons. The van der Waals surface area contributed by atoms with Crippen molar-refractivity contribution in [3.8, 4) is 11.5 Å². The molecule has 4 aromatic carbocycles. The summed E-state index contributed by atoms with van der Waals surface area (Å²) < 4.78 is 18.3. The molecule has 4 heterocycles. The van der Waals surface area contributed by atoms with Crippen LogP contribution in [0.2, 0.25) is 0 Å². The monoisotopic (exact) mass is 700 g/mol. The van der Waals surface area contributed by atoms with Gasteiger partial charge in [-0.25, -0.2) is 0 Å². The van der Waals surface area contributed by atoms with Crippen LogP contribution >= 0.6 is 0 Å². The third-order valence-electron chi connectivity index (χ3n) is 11.6. The summed E-state index contributed by atoms with van der Waals surface area (Å²) in [5.74, 6) is 1.44. The highest BCUT2D eigenvalue weighted by Crippen LogP contribution is 2.56. The van der Waals surface area contributed by atoms with Crippen LogP contribution in [0.1, 0.15) is 55.5 Å². The van der Waals surface area contributed by atoms with Crippen LogP contribution < -0.4 is 24.2 Å². The van der Waals surface area contributed by atoms with E-state index in [2.05, 4.69) is 118 Å². The van der Waals surface area contributed by atoms with Crippen molar-refractivity contribution in [3.63, 3.8) is 0 Å². The summed E-state index contributed by atoms with van der Waals surface area (Å²) in [6, 6.07) is 26.1. The highest BCUT2D eigenvalue weighted by Gasteiger charge is 2.59. The zero-order valence-electron chi connectivity index (χ0n) is 31.6. The number of aryl methyl sites for hydroxylation is 1. The number of hydrogen-bond acceptors (Lipinski definition) is 8. The van der Waals surface area contributed by atoms with Crippen LogP contribution in [-0.4, -0.2) is 57.8 Å². The van der Waals surface area contributed by atoms with Crippen LogP contribution in [-0.2, 0) is 15.6 Å². The molecule has 4 aromatic rings. The number of methoxy groups -OCH3 is 1. The Labute approximate surface area is 306 Å². The van der Waals surface area contributed by atoms with E-state index in [0.717, 1.165) is 30.2 Å². The lowest BCUT2D eigenvalue weighted by Crippen LogP contribution is -2.58. The third-order valence-corrected chi connectivity index (χ3v) is 11.6. The van der Waals surface area contributed by atoms with Crippen molar-refractivity contribution in [1.29, 1.82) is 0 Å². The summed E-state index contributed by atoms with van der Waals surface area (Å²) in [7, 11) is 7.78. The Balaban J connectivity index is 0.000000162. The zero-order valence-corrected chi connectivity index (χ0v) is 31.6. The number of likely N-dealkylation sites (N-methyl/N-ethyl adjacent to an activating group) is 1. The highest BCUT2D eigenvalue weighted by molar-refractivity contribution is 5.74. The van der Waals surface area contributed by atoms with Crippen LogP contribution in [0, 0.1) is 17.0 Å². The first-order valence-corrected chi connectivity index (χ1v) is 17.7. The summed E-state index contributed by atoms with van der Waals surface area (Å²) in [4.78, 5) is 17.3. The molecule has 9 nitrogen and oxygen atoms in total. The highest BCUT2D eigenvalue weighted by atomic mass is 16.6. The maximum Gasteiger partial charge on any atom is 0.270 e. The summed E-state index contributed by atoms with van der Waals surface area (Å²) >= 11 is 0. The second-order valence-electron chi connectivity index (χ2n) is 15.3. The van der Waals surface area contributed by atoms with Crippen molar-refractivity contribution in [2.45, 2.75) is 56.9 Å². The van der Waals surface area contributed by atoms with E-state index in [4.69, 9.17) is 14.2 Å². The second kappa shape index (κ2) is 12.4. The van der Waals surface area contributed by atoms with Gasteiger partial charge in [0, 0.05) is 67.9 Å². The number of hydrogen-bond donors (Lipinski definition) is 0. The Morgan fingerprint density at radius 3 is 2.31 bits per heavy atom. The lowest BCUT2D eigenvalue weighted by Gasteiger charge is -2.45. The minimum absolute atomic E-state index is 0.0556. The van der Waals surface area contributed by atoms with Crippen LogP contribution in [0.5, 0.6) is 11.5 Å². The van der Waals surface area contributed by atoms with E-state index < -0.39 is 16.4 Å². The molecule has 4 aliphatic rings. The molecule has 2 unspecified atom stereocenters. The van der Waals surface area contributed by atoms with Crippen molar-refractivity contribution in [2.24, 2.45) is 0 Å². The summed E-state index contributed by atoms with van der Waals surface area (Å²) in [5, 5.41) is 11.0. The van der Waals surface area contributed by atoms with Gasteiger partial charge in [0.05, 0.1) is 24.1 Å². The molecule has 1 fully saturated rings. The Bertz CT molecular complexity index is 2100. The smallest absolute Gasteiger partial charge is 0.270 e. The maximum atomic E-state index is 11.0. The number of benzene rings is 4. The van der Waals surface area contributed by atoms with Crippen molar-refractivity contribution < 1.29 is 19.1 Å². The maximum absolute atomic E-state index is 11.0. The van der Waals surface area contributed by atoms with Gasteiger partial charge in [-0.15, -0.1) is 0 Å². The van der Waals surface area contributed by atoms with Crippen LogP contribution in [0.15, 0.2) is 91.0 Å². The molecule has 8 rings (SSSR count). The molecule has 9 heteroatoms. The summed E-state index contributed by atoms with van der Waals surface area (Å²) in [6.07, 6.45) is 8.37.